The van der Waals surface area contributed by atoms with Gasteiger partial charge in [-0.1, -0.05) is 11.6 Å². The molecule has 6 heteroatoms. The number of hydrogen-bond donors (Lipinski definition) is 1. The Balaban J connectivity index is 3.33. The fourth-order valence-electron chi connectivity index (χ4n) is 0.837. The summed E-state index contributed by atoms with van der Waals surface area (Å²) in [6.07, 6.45) is 0. The summed E-state index contributed by atoms with van der Waals surface area (Å²) in [6, 6.07) is 4.09. The normalized spacial score (nSPS) is 11.5. The molecule has 72 valence electrons. The molecule has 0 heterocycles. The summed E-state index contributed by atoms with van der Waals surface area (Å²) in [5.41, 5.74) is 5.52. The van der Waals surface area contributed by atoms with Crippen molar-refractivity contribution >= 4 is 27.4 Å². The van der Waals surface area contributed by atoms with Gasteiger partial charge in [-0.15, -0.1) is 0 Å². The van der Waals surface area contributed by atoms with Gasteiger partial charge in [0.1, 0.15) is 4.90 Å². The van der Waals surface area contributed by atoms with Gasteiger partial charge in [-0.25, -0.2) is 0 Å². The third kappa shape index (κ3) is 2.12. The van der Waals surface area contributed by atoms with Gasteiger partial charge >= 0.3 is 0 Å². The summed E-state index contributed by atoms with van der Waals surface area (Å²) in [5.74, 6) is 0. The van der Waals surface area contributed by atoms with Crippen LogP contribution in [0.25, 0.3) is 0 Å². The molecule has 13 heavy (non-hydrogen) atoms. The second-order valence-electron chi connectivity index (χ2n) is 2.30. The molecule has 0 unspecified atom stereocenters. The third-order valence-electron chi connectivity index (χ3n) is 1.46. The average Bonchev–Trinajstić information content (AvgIpc) is 2.03. The predicted molar refractivity (Wildman–Crippen MR) is 50.1 cm³/mol. The van der Waals surface area contributed by atoms with Gasteiger partial charge < -0.3 is 5.73 Å². The van der Waals surface area contributed by atoms with E-state index in [9.17, 15) is 8.42 Å². The molecule has 0 amide bonds. The summed E-state index contributed by atoms with van der Waals surface area (Å²) in [7, 11) is -2.66. The summed E-state index contributed by atoms with van der Waals surface area (Å²) in [6.45, 7) is 0. The first kappa shape index (κ1) is 10.3. The second kappa shape index (κ2) is 3.53. The average molecular weight is 222 g/mol. The van der Waals surface area contributed by atoms with Gasteiger partial charge in [-0.3, -0.25) is 4.18 Å². The molecule has 0 aliphatic rings. The lowest BCUT2D eigenvalue weighted by atomic mass is 10.3. The molecule has 0 saturated carbocycles. The lowest BCUT2D eigenvalue weighted by molar-refractivity contribution is 0.398. The molecule has 1 aromatic rings. The van der Waals surface area contributed by atoms with Gasteiger partial charge in [-0.2, -0.15) is 8.42 Å². The molecule has 0 spiro atoms. The molecule has 1 aromatic carbocycles. The zero-order valence-corrected chi connectivity index (χ0v) is 8.39. The Morgan fingerprint density at radius 2 is 2.08 bits per heavy atom. The van der Waals surface area contributed by atoms with Crippen LogP contribution in [0.2, 0.25) is 5.02 Å². The van der Waals surface area contributed by atoms with Crippen molar-refractivity contribution in [2.75, 3.05) is 12.8 Å². The number of nitrogen functional groups attached to an aromatic ring is 1. The van der Waals surface area contributed by atoms with E-state index in [0.29, 0.717) is 5.02 Å². The van der Waals surface area contributed by atoms with Crippen molar-refractivity contribution in [2.45, 2.75) is 4.90 Å². The van der Waals surface area contributed by atoms with Crippen LogP contribution in [0.4, 0.5) is 5.69 Å². The summed E-state index contributed by atoms with van der Waals surface area (Å²) >= 11 is 5.59. The number of nitrogens with two attached hydrogens (primary N) is 1. The van der Waals surface area contributed by atoms with Crippen molar-refractivity contribution in [2.24, 2.45) is 0 Å². The van der Waals surface area contributed by atoms with Gasteiger partial charge in [0.05, 0.1) is 12.8 Å². The molecular formula is C7H8ClNO3S. The van der Waals surface area contributed by atoms with E-state index in [2.05, 4.69) is 4.18 Å². The minimum absolute atomic E-state index is 0.0700. The SMILES string of the molecule is COS(=O)(=O)c1ccc(Cl)cc1N. The maximum Gasteiger partial charge on any atom is 0.298 e. The smallest absolute Gasteiger partial charge is 0.298 e. The molecule has 0 fully saturated rings. The Kier molecular flexibility index (Phi) is 2.80. The minimum Gasteiger partial charge on any atom is -0.398 e. The topological polar surface area (TPSA) is 69.4 Å². The second-order valence-corrected chi connectivity index (χ2v) is 4.42. The van der Waals surface area contributed by atoms with E-state index in [1.54, 1.807) is 0 Å². The zero-order valence-electron chi connectivity index (χ0n) is 6.82. The maximum atomic E-state index is 11.2. The molecule has 0 saturated heterocycles. The lowest BCUT2D eigenvalue weighted by Gasteiger charge is -2.04. The zero-order chi connectivity index (χ0) is 10.1. The highest BCUT2D eigenvalue weighted by atomic mass is 35.5. The Hall–Kier alpha value is -0.780. The van der Waals surface area contributed by atoms with Crippen LogP contribution in [0.1, 0.15) is 0 Å². The van der Waals surface area contributed by atoms with E-state index in [4.69, 9.17) is 17.3 Å². The molecule has 0 atom stereocenters. The monoisotopic (exact) mass is 221 g/mol. The molecule has 0 radical (unpaired) electrons. The number of rotatable bonds is 2. The largest absolute Gasteiger partial charge is 0.398 e. The molecule has 0 aliphatic carbocycles. The molecular weight excluding hydrogens is 214 g/mol. The van der Waals surface area contributed by atoms with Crippen LogP contribution in [-0.2, 0) is 14.3 Å². The number of halogens is 1. The quantitative estimate of drug-likeness (QED) is 0.603. The Bertz CT molecular complexity index is 416. The third-order valence-corrected chi connectivity index (χ3v) is 3.04. The van der Waals surface area contributed by atoms with Crippen LogP contribution in [0.5, 0.6) is 0 Å². The highest BCUT2D eigenvalue weighted by Gasteiger charge is 2.16. The standard InChI is InChI=1S/C7H8ClNO3S/c1-12-13(10,11)7-3-2-5(8)4-6(7)9/h2-4H,9H2,1H3. The van der Waals surface area contributed by atoms with Crippen LogP contribution in [0.15, 0.2) is 23.1 Å². The van der Waals surface area contributed by atoms with Crippen molar-refractivity contribution in [1.29, 1.82) is 0 Å². The van der Waals surface area contributed by atoms with Crippen LogP contribution in [0, 0.1) is 0 Å². The van der Waals surface area contributed by atoms with E-state index in [0.717, 1.165) is 7.11 Å². The van der Waals surface area contributed by atoms with E-state index in [-0.39, 0.29) is 10.6 Å². The van der Waals surface area contributed by atoms with E-state index >= 15 is 0 Å². The summed E-state index contributed by atoms with van der Waals surface area (Å²) < 4.78 is 26.7. The predicted octanol–water partition coefficient (Wildman–Crippen LogP) is 1.26. The highest BCUT2D eigenvalue weighted by molar-refractivity contribution is 7.87. The van der Waals surface area contributed by atoms with Crippen LogP contribution < -0.4 is 5.73 Å². The number of anilines is 1. The van der Waals surface area contributed by atoms with Crippen molar-refractivity contribution in [1.82, 2.24) is 0 Å². The Morgan fingerprint density at radius 3 is 2.54 bits per heavy atom. The summed E-state index contributed by atoms with van der Waals surface area (Å²) in [5, 5.41) is 0.382. The lowest BCUT2D eigenvalue weighted by Crippen LogP contribution is -2.06. The fraction of sp³-hybridized carbons (Fsp3) is 0.143. The molecule has 1 rings (SSSR count). The van der Waals surface area contributed by atoms with Gasteiger partial charge in [-0.05, 0) is 18.2 Å². The molecule has 2 N–H and O–H groups in total. The van der Waals surface area contributed by atoms with Gasteiger partial charge in [0.25, 0.3) is 10.1 Å². The fourth-order valence-corrected chi connectivity index (χ4v) is 1.78. The first-order valence-electron chi connectivity index (χ1n) is 3.33. The van der Waals surface area contributed by atoms with Gasteiger partial charge in [0, 0.05) is 5.02 Å². The first-order valence-corrected chi connectivity index (χ1v) is 5.11. The van der Waals surface area contributed by atoms with Crippen LogP contribution >= 0.6 is 11.6 Å². The molecule has 0 aromatic heterocycles. The number of hydrogen-bond acceptors (Lipinski definition) is 4. The molecule has 0 aliphatic heterocycles. The molecule has 0 bridgehead atoms. The van der Waals surface area contributed by atoms with Gasteiger partial charge in [0.2, 0.25) is 0 Å². The summed E-state index contributed by atoms with van der Waals surface area (Å²) in [4.78, 5) is -0.0700. The van der Waals surface area contributed by atoms with Gasteiger partial charge in [0.15, 0.2) is 0 Å². The Morgan fingerprint density at radius 1 is 1.46 bits per heavy atom. The van der Waals surface area contributed by atoms with Crippen LogP contribution in [0.3, 0.4) is 0 Å². The van der Waals surface area contributed by atoms with Crippen molar-refractivity contribution in [3.63, 3.8) is 0 Å². The number of benzene rings is 1. The van der Waals surface area contributed by atoms with E-state index < -0.39 is 10.1 Å². The van der Waals surface area contributed by atoms with Crippen LogP contribution in [-0.4, -0.2) is 15.5 Å². The highest BCUT2D eigenvalue weighted by Crippen LogP contribution is 2.23. The Labute approximate surface area is 81.4 Å². The van der Waals surface area contributed by atoms with E-state index in [1.165, 1.54) is 18.2 Å². The van der Waals surface area contributed by atoms with Crippen molar-refractivity contribution < 1.29 is 12.6 Å². The maximum absolute atomic E-state index is 11.2. The van der Waals surface area contributed by atoms with Crippen molar-refractivity contribution in [3.05, 3.63) is 23.2 Å². The molecule has 4 nitrogen and oxygen atoms in total. The van der Waals surface area contributed by atoms with Crippen molar-refractivity contribution in [3.8, 4) is 0 Å². The van der Waals surface area contributed by atoms with E-state index in [1.807, 2.05) is 0 Å². The minimum atomic E-state index is -3.73. The first-order chi connectivity index (χ1) is 5.97.